The van der Waals surface area contributed by atoms with E-state index in [4.69, 9.17) is 21.4 Å². The van der Waals surface area contributed by atoms with Crippen LogP contribution in [0.25, 0.3) is 11.0 Å². The third kappa shape index (κ3) is 5.65. The van der Waals surface area contributed by atoms with E-state index in [0.717, 1.165) is 5.39 Å². The van der Waals surface area contributed by atoms with Crippen molar-refractivity contribution in [3.8, 4) is 5.75 Å². The van der Waals surface area contributed by atoms with Gasteiger partial charge < -0.3 is 14.5 Å². The van der Waals surface area contributed by atoms with Gasteiger partial charge >= 0.3 is 0 Å². The highest BCUT2D eigenvalue weighted by atomic mass is 35.5. The van der Waals surface area contributed by atoms with Gasteiger partial charge in [0.25, 0.3) is 5.91 Å². The van der Waals surface area contributed by atoms with Crippen LogP contribution in [0.15, 0.2) is 53.2 Å². The lowest BCUT2D eigenvalue weighted by molar-refractivity contribution is 0.0952. The molecule has 0 aliphatic carbocycles. The smallest absolute Gasteiger partial charge is 0.293 e. The number of rotatable bonds is 6. The van der Waals surface area contributed by atoms with Crippen LogP contribution in [-0.2, 0) is 0 Å². The molecule has 1 aromatic carbocycles. The van der Waals surface area contributed by atoms with Crippen molar-refractivity contribution in [3.05, 3.63) is 54.6 Å². The molecule has 0 spiro atoms. The third-order valence-electron chi connectivity index (χ3n) is 4.11. The number of halogens is 2. The molecular weight excluding hydrogens is 417 g/mol. The molecule has 2 aromatic heterocycles. The number of furan rings is 1. The van der Waals surface area contributed by atoms with Crippen LogP contribution >= 0.6 is 24.6 Å². The summed E-state index contributed by atoms with van der Waals surface area (Å²) in [5.74, 6) is 0.0707. The molecule has 0 aliphatic heterocycles. The van der Waals surface area contributed by atoms with Crippen molar-refractivity contribution in [1.82, 2.24) is 10.3 Å². The molecule has 29 heavy (non-hydrogen) atoms. The number of amides is 1. The standard InChI is InChI=1S/C20H20FN3O3S.ClH/c1-3-14(21)12(2)26-17-7-5-4-6-15(17)23-20(28)24-19(25)18-10-13-11-22-9-8-16(13)27-18;/h4-12,14H,3H2,1-2H3,(H2,23,24,25,28);1H. The molecule has 2 unspecified atom stereocenters. The van der Waals surface area contributed by atoms with Crippen molar-refractivity contribution in [2.45, 2.75) is 32.5 Å². The van der Waals surface area contributed by atoms with E-state index in [1.165, 1.54) is 0 Å². The second kappa shape index (κ2) is 10.2. The maximum Gasteiger partial charge on any atom is 0.293 e. The summed E-state index contributed by atoms with van der Waals surface area (Å²) in [5, 5.41) is 6.25. The number of hydrogen-bond donors (Lipinski definition) is 2. The molecule has 9 heteroatoms. The topological polar surface area (TPSA) is 76.4 Å². The molecule has 0 saturated heterocycles. The highest BCUT2D eigenvalue weighted by molar-refractivity contribution is 7.80. The number of alkyl halides is 1. The summed E-state index contributed by atoms with van der Waals surface area (Å²) >= 11 is 5.21. The summed E-state index contributed by atoms with van der Waals surface area (Å²) in [4.78, 5) is 16.4. The molecule has 154 valence electrons. The second-order valence-electron chi connectivity index (χ2n) is 6.18. The van der Waals surface area contributed by atoms with Crippen LogP contribution in [0.3, 0.4) is 0 Å². The molecule has 2 N–H and O–H groups in total. The van der Waals surface area contributed by atoms with Gasteiger partial charge in [0.15, 0.2) is 10.9 Å². The van der Waals surface area contributed by atoms with Crippen LogP contribution in [0, 0.1) is 0 Å². The van der Waals surface area contributed by atoms with Crippen LogP contribution in [0.1, 0.15) is 30.8 Å². The number of fused-ring (bicyclic) bond motifs is 1. The Morgan fingerprint density at radius 2 is 2.10 bits per heavy atom. The van der Waals surface area contributed by atoms with Crippen molar-refractivity contribution in [3.63, 3.8) is 0 Å². The van der Waals surface area contributed by atoms with Gasteiger partial charge in [-0.1, -0.05) is 19.1 Å². The number of hydrogen-bond acceptors (Lipinski definition) is 5. The first-order valence-electron chi connectivity index (χ1n) is 8.83. The molecule has 6 nitrogen and oxygen atoms in total. The zero-order chi connectivity index (χ0) is 20.1. The lowest BCUT2D eigenvalue weighted by Gasteiger charge is -2.20. The monoisotopic (exact) mass is 437 g/mol. The first-order chi connectivity index (χ1) is 13.5. The fourth-order valence-electron chi connectivity index (χ4n) is 2.59. The summed E-state index contributed by atoms with van der Waals surface area (Å²) in [6.07, 6.45) is 1.86. The molecule has 0 radical (unpaired) electrons. The van der Waals surface area contributed by atoms with Crippen LogP contribution in [0.5, 0.6) is 5.75 Å². The minimum Gasteiger partial charge on any atom is -0.486 e. The van der Waals surface area contributed by atoms with E-state index in [1.54, 1.807) is 62.6 Å². The van der Waals surface area contributed by atoms with E-state index in [2.05, 4.69) is 15.6 Å². The summed E-state index contributed by atoms with van der Waals surface area (Å²) in [6, 6.07) is 10.3. The highest BCUT2D eigenvalue weighted by Crippen LogP contribution is 2.26. The van der Waals surface area contributed by atoms with E-state index in [-0.39, 0.29) is 23.3 Å². The van der Waals surface area contributed by atoms with E-state index in [1.807, 2.05) is 0 Å². The number of nitrogens with one attached hydrogen (secondary N) is 2. The van der Waals surface area contributed by atoms with E-state index >= 15 is 0 Å². The molecule has 1 amide bonds. The van der Waals surface area contributed by atoms with E-state index in [0.29, 0.717) is 23.4 Å². The van der Waals surface area contributed by atoms with Crippen LogP contribution in [0.2, 0.25) is 0 Å². The fourth-order valence-corrected chi connectivity index (χ4v) is 2.80. The minimum atomic E-state index is -1.08. The first-order valence-corrected chi connectivity index (χ1v) is 9.24. The first kappa shape index (κ1) is 22.6. The van der Waals surface area contributed by atoms with Gasteiger partial charge in [-0.2, -0.15) is 0 Å². The Hall–Kier alpha value is -2.71. The Bertz CT molecular complexity index is 965. The van der Waals surface area contributed by atoms with Gasteiger partial charge in [-0.05, 0) is 49.8 Å². The number of ether oxygens (including phenoxy) is 1. The summed E-state index contributed by atoms with van der Waals surface area (Å²) in [7, 11) is 0. The number of aromatic nitrogens is 1. The zero-order valence-electron chi connectivity index (χ0n) is 15.8. The molecule has 3 aromatic rings. The Morgan fingerprint density at radius 1 is 1.34 bits per heavy atom. The van der Waals surface area contributed by atoms with Crippen molar-refractivity contribution < 1.29 is 18.3 Å². The Balaban J connectivity index is 0.00000300. The predicted molar refractivity (Wildman–Crippen MR) is 117 cm³/mol. The van der Waals surface area contributed by atoms with Crippen molar-refractivity contribution in [1.29, 1.82) is 0 Å². The third-order valence-corrected chi connectivity index (χ3v) is 4.32. The summed E-state index contributed by atoms with van der Waals surface area (Å²) in [6.45, 7) is 3.43. The predicted octanol–water partition coefficient (Wildman–Crippen LogP) is 4.89. The largest absolute Gasteiger partial charge is 0.486 e. The molecular formula is C20H21ClFN3O3S. The van der Waals surface area contributed by atoms with E-state index in [9.17, 15) is 9.18 Å². The van der Waals surface area contributed by atoms with Gasteiger partial charge in [0.2, 0.25) is 0 Å². The molecule has 2 heterocycles. The van der Waals surface area contributed by atoms with Gasteiger partial charge in [0, 0.05) is 17.8 Å². The SMILES string of the molecule is CCC(F)C(C)Oc1ccccc1NC(=S)NC(=O)c1cc2cnccc2o1.Cl. The molecule has 0 bridgehead atoms. The number of benzene rings is 1. The van der Waals surface area contributed by atoms with Crippen molar-refractivity contribution in [2.24, 2.45) is 0 Å². The summed E-state index contributed by atoms with van der Waals surface area (Å²) in [5.41, 5.74) is 1.08. The molecule has 2 atom stereocenters. The average Bonchev–Trinajstić information content (AvgIpc) is 3.13. The highest BCUT2D eigenvalue weighted by Gasteiger charge is 2.18. The number of carbonyl (C=O) groups is 1. The quantitative estimate of drug-likeness (QED) is 0.534. The van der Waals surface area contributed by atoms with Crippen LogP contribution < -0.4 is 15.4 Å². The summed E-state index contributed by atoms with van der Waals surface area (Å²) < 4.78 is 25.0. The Kier molecular flexibility index (Phi) is 7.92. The molecule has 0 fully saturated rings. The number of thiocarbonyl (C=S) groups is 1. The van der Waals surface area contributed by atoms with Gasteiger partial charge in [-0.15, -0.1) is 12.4 Å². The average molecular weight is 438 g/mol. The maximum atomic E-state index is 13.8. The van der Waals surface area contributed by atoms with Gasteiger partial charge in [-0.25, -0.2) is 4.39 Å². The minimum absolute atomic E-state index is 0. The van der Waals surface area contributed by atoms with Gasteiger partial charge in [0.1, 0.15) is 23.6 Å². The van der Waals surface area contributed by atoms with Gasteiger partial charge in [0.05, 0.1) is 5.69 Å². The van der Waals surface area contributed by atoms with E-state index < -0.39 is 18.2 Å². The second-order valence-corrected chi connectivity index (χ2v) is 6.58. The van der Waals surface area contributed by atoms with Gasteiger partial charge in [-0.3, -0.25) is 15.1 Å². The zero-order valence-corrected chi connectivity index (χ0v) is 17.5. The number of pyridine rings is 1. The fraction of sp³-hybridized carbons (Fsp3) is 0.250. The van der Waals surface area contributed by atoms with Crippen LogP contribution in [-0.4, -0.2) is 28.3 Å². The number of nitrogens with zero attached hydrogens (tertiary/aromatic N) is 1. The van der Waals surface area contributed by atoms with Crippen molar-refractivity contribution in [2.75, 3.05) is 5.32 Å². The lowest BCUT2D eigenvalue weighted by atomic mass is 10.2. The Labute approximate surface area is 179 Å². The van der Waals surface area contributed by atoms with Crippen LogP contribution in [0.4, 0.5) is 10.1 Å². The molecule has 0 saturated carbocycles. The number of carbonyl (C=O) groups excluding carboxylic acids is 1. The molecule has 0 aliphatic rings. The number of anilines is 1. The lowest BCUT2D eigenvalue weighted by Crippen LogP contribution is -2.34. The van der Waals surface area contributed by atoms with Crippen molar-refractivity contribution >= 4 is 52.3 Å². The normalized spacial score (nSPS) is 12.5. The number of para-hydroxylation sites is 2. The molecule has 3 rings (SSSR count). The Morgan fingerprint density at radius 3 is 2.83 bits per heavy atom. The maximum absolute atomic E-state index is 13.8.